The van der Waals surface area contributed by atoms with Gasteiger partial charge in [-0.1, -0.05) is 31.8 Å². The van der Waals surface area contributed by atoms with Crippen LogP contribution in [0.5, 0.6) is 0 Å². The van der Waals surface area contributed by atoms with Gasteiger partial charge in [0.25, 0.3) is 0 Å². The molecule has 1 saturated carbocycles. The monoisotopic (exact) mass is 560 g/mol. The zero-order valence-corrected chi connectivity index (χ0v) is 26.3. The van der Waals surface area contributed by atoms with Crippen molar-refractivity contribution in [3.63, 3.8) is 0 Å². The highest BCUT2D eigenvalue weighted by molar-refractivity contribution is 6.76. The molecule has 3 fully saturated rings. The molecule has 3 aromatic rings. The minimum absolute atomic E-state index is 0.229. The summed E-state index contributed by atoms with van der Waals surface area (Å²) < 4.78 is 8.89. The lowest BCUT2D eigenvalue weighted by Crippen LogP contribution is -2.47. The van der Waals surface area contributed by atoms with Gasteiger partial charge < -0.3 is 14.2 Å². The van der Waals surface area contributed by atoms with Crippen molar-refractivity contribution in [1.82, 2.24) is 24.3 Å². The van der Waals surface area contributed by atoms with Crippen LogP contribution in [-0.4, -0.2) is 78.3 Å². The van der Waals surface area contributed by atoms with Crippen LogP contribution in [-0.2, 0) is 11.5 Å². The van der Waals surface area contributed by atoms with Gasteiger partial charge in [0.1, 0.15) is 12.6 Å². The third-order valence-electron chi connectivity index (χ3n) is 9.31. The van der Waals surface area contributed by atoms with Gasteiger partial charge in [0, 0.05) is 53.1 Å². The first-order valence-corrected chi connectivity index (χ1v) is 19.2. The predicted octanol–water partition coefficient (Wildman–Crippen LogP) is 6.23. The second-order valence-electron chi connectivity index (χ2n) is 13.5. The first-order valence-electron chi connectivity index (χ1n) is 15.5. The van der Waals surface area contributed by atoms with Gasteiger partial charge in [0.2, 0.25) is 0 Å². The number of aromatic nitrogens is 3. The summed E-state index contributed by atoms with van der Waals surface area (Å²) in [4.78, 5) is 18.0. The van der Waals surface area contributed by atoms with Crippen LogP contribution < -0.4 is 4.90 Å². The minimum atomic E-state index is -1.17. The number of piperidine rings is 1. The predicted molar refractivity (Wildman–Crippen MR) is 167 cm³/mol. The molecule has 0 unspecified atom stereocenters. The average molecular weight is 561 g/mol. The quantitative estimate of drug-likeness (QED) is 0.228. The van der Waals surface area contributed by atoms with Gasteiger partial charge >= 0.3 is 0 Å². The van der Waals surface area contributed by atoms with Crippen molar-refractivity contribution in [2.45, 2.75) is 89.6 Å². The van der Waals surface area contributed by atoms with Crippen molar-refractivity contribution in [1.29, 1.82) is 0 Å². The molecule has 40 heavy (non-hydrogen) atoms. The summed E-state index contributed by atoms with van der Waals surface area (Å²) in [6.45, 7) is 15.3. The molecule has 0 N–H and O–H groups in total. The molecule has 1 aromatic carbocycles. The van der Waals surface area contributed by atoms with Gasteiger partial charge in [-0.25, -0.2) is 4.98 Å². The van der Waals surface area contributed by atoms with E-state index in [4.69, 9.17) is 14.7 Å². The van der Waals surface area contributed by atoms with Crippen molar-refractivity contribution in [3.05, 3.63) is 53.6 Å². The van der Waals surface area contributed by atoms with E-state index >= 15 is 0 Å². The number of aryl methyl sites for hydroxylation is 1. The lowest BCUT2D eigenvalue weighted by molar-refractivity contribution is 0.0700. The summed E-state index contributed by atoms with van der Waals surface area (Å²) in [5, 5.41) is 0. The zero-order chi connectivity index (χ0) is 27.9. The van der Waals surface area contributed by atoms with E-state index in [1.807, 2.05) is 12.3 Å². The molecule has 0 spiro atoms. The Morgan fingerprint density at radius 3 is 2.45 bits per heavy atom. The smallest absolute Gasteiger partial charge is 0.129 e. The molecule has 8 heteroatoms. The summed E-state index contributed by atoms with van der Waals surface area (Å²) in [6, 6.07) is 13.5. The molecule has 0 bridgehead atoms. The lowest BCUT2D eigenvalue weighted by atomic mass is 9.92. The molecular weight excluding hydrogens is 512 g/mol. The maximum atomic E-state index is 6.46. The average Bonchev–Trinajstić information content (AvgIpc) is 3.72. The third-order valence-corrected chi connectivity index (χ3v) is 11.0. The van der Waals surface area contributed by atoms with Crippen LogP contribution >= 0.6 is 0 Å². The number of hydrogen-bond donors (Lipinski definition) is 0. The Bertz CT molecular complexity index is 1310. The van der Waals surface area contributed by atoms with E-state index in [1.54, 1.807) is 0 Å². The summed E-state index contributed by atoms with van der Waals surface area (Å²) in [6.07, 6.45) is 8.12. The molecular formula is C32H48N6OSi. The fourth-order valence-electron chi connectivity index (χ4n) is 6.74. The van der Waals surface area contributed by atoms with E-state index in [9.17, 15) is 0 Å². The number of likely N-dealkylation sites (tertiary alicyclic amines) is 1. The van der Waals surface area contributed by atoms with Gasteiger partial charge in [-0.15, -0.1) is 0 Å². The Kier molecular flexibility index (Phi) is 8.05. The number of ether oxygens (including phenoxy) is 1. The molecule has 7 nitrogen and oxygen atoms in total. The standard InChI is InChI=1S/C32H48N6OSi/c1-24-9-8-16-33-30(24)27-11-7-13-29(35(27)2)32-34-26-10-6-12-28(37-19-17-36(18-20-37)25-14-15-25)31(26)38(32)23-39-21-22-40(3,4)5/h6,8-10,12,16,25,27,29H,7,11,13-15,17-23H2,1-5H3/t27-,29+/m0/s1. The molecule has 6 rings (SSSR count). The highest BCUT2D eigenvalue weighted by Gasteiger charge is 2.36. The molecule has 2 saturated heterocycles. The van der Waals surface area contributed by atoms with Gasteiger partial charge in [-0.2, -0.15) is 0 Å². The van der Waals surface area contributed by atoms with E-state index in [0.717, 1.165) is 63.0 Å². The van der Waals surface area contributed by atoms with E-state index in [2.05, 4.69) is 77.1 Å². The Labute approximate surface area is 241 Å². The van der Waals surface area contributed by atoms with Crippen LogP contribution in [0.25, 0.3) is 11.0 Å². The number of nitrogens with zero attached hydrogens (tertiary/aromatic N) is 6. The summed E-state index contributed by atoms with van der Waals surface area (Å²) in [7, 11) is 1.11. The van der Waals surface area contributed by atoms with Gasteiger partial charge in [-0.05, 0) is 75.9 Å². The van der Waals surface area contributed by atoms with E-state index < -0.39 is 8.07 Å². The van der Waals surface area contributed by atoms with Crippen molar-refractivity contribution in [2.24, 2.45) is 0 Å². The molecule has 2 aliphatic heterocycles. The lowest BCUT2D eigenvalue weighted by Gasteiger charge is -2.39. The number of anilines is 1. The SMILES string of the molecule is Cc1cccnc1[C@@H]1CCC[C@H](c2nc3cccc(N4CCN(C5CC5)CC4)c3n2COCC[Si](C)(C)C)N1C. The van der Waals surface area contributed by atoms with Gasteiger partial charge in [0.05, 0.1) is 34.5 Å². The van der Waals surface area contributed by atoms with Gasteiger partial charge in [0.15, 0.2) is 0 Å². The van der Waals surface area contributed by atoms with E-state index in [0.29, 0.717) is 12.8 Å². The highest BCUT2D eigenvalue weighted by atomic mass is 28.3. The molecule has 0 amide bonds. The zero-order valence-electron chi connectivity index (χ0n) is 25.3. The number of rotatable bonds is 9. The van der Waals surface area contributed by atoms with E-state index in [1.165, 1.54) is 47.8 Å². The summed E-state index contributed by atoms with van der Waals surface area (Å²) >= 11 is 0. The second kappa shape index (κ2) is 11.5. The normalized spacial score (nSPS) is 23.3. The Balaban J connectivity index is 1.34. The maximum absolute atomic E-state index is 6.46. The summed E-state index contributed by atoms with van der Waals surface area (Å²) in [5.41, 5.74) is 6.13. The molecule has 1 aliphatic carbocycles. The van der Waals surface area contributed by atoms with Crippen molar-refractivity contribution in [3.8, 4) is 0 Å². The van der Waals surface area contributed by atoms with Crippen LogP contribution in [0.2, 0.25) is 25.7 Å². The molecule has 2 atom stereocenters. The number of benzene rings is 1. The second-order valence-corrected chi connectivity index (χ2v) is 19.1. The van der Waals surface area contributed by atoms with Gasteiger partial charge in [-0.3, -0.25) is 14.8 Å². The van der Waals surface area contributed by atoms with Crippen LogP contribution in [0.1, 0.15) is 61.3 Å². The molecule has 216 valence electrons. The van der Waals surface area contributed by atoms with Crippen LogP contribution in [0.15, 0.2) is 36.5 Å². The maximum Gasteiger partial charge on any atom is 0.129 e. The first kappa shape index (κ1) is 27.9. The van der Waals surface area contributed by atoms with Crippen LogP contribution in [0.4, 0.5) is 5.69 Å². The van der Waals surface area contributed by atoms with Crippen LogP contribution in [0.3, 0.4) is 0 Å². The minimum Gasteiger partial charge on any atom is -0.367 e. The third kappa shape index (κ3) is 5.87. The topological polar surface area (TPSA) is 49.7 Å². The van der Waals surface area contributed by atoms with Crippen molar-refractivity contribution >= 4 is 24.8 Å². The van der Waals surface area contributed by atoms with Crippen LogP contribution in [0, 0.1) is 6.92 Å². The summed E-state index contributed by atoms with van der Waals surface area (Å²) in [5.74, 6) is 1.15. The van der Waals surface area contributed by atoms with Crippen molar-refractivity contribution in [2.75, 3.05) is 44.7 Å². The molecule has 3 aliphatic rings. The molecule has 4 heterocycles. The first-order chi connectivity index (χ1) is 19.3. The number of imidazole rings is 1. The molecule has 2 aromatic heterocycles. The number of hydrogen-bond acceptors (Lipinski definition) is 6. The Hall–Kier alpha value is -2.26. The number of pyridine rings is 1. The van der Waals surface area contributed by atoms with E-state index in [-0.39, 0.29) is 6.04 Å². The Morgan fingerprint density at radius 2 is 1.73 bits per heavy atom. The number of piperazine rings is 1. The molecule has 0 radical (unpaired) electrons. The number of para-hydroxylation sites is 1. The van der Waals surface area contributed by atoms with Crippen molar-refractivity contribution < 1.29 is 4.74 Å². The Morgan fingerprint density at radius 1 is 0.950 bits per heavy atom. The fourth-order valence-corrected chi connectivity index (χ4v) is 7.50. The highest BCUT2D eigenvalue weighted by Crippen LogP contribution is 2.42. The largest absolute Gasteiger partial charge is 0.367 e. The number of fused-ring (bicyclic) bond motifs is 1. The fraction of sp³-hybridized carbons (Fsp3) is 0.625.